The van der Waals surface area contributed by atoms with Gasteiger partial charge < -0.3 is 10.6 Å². The summed E-state index contributed by atoms with van der Waals surface area (Å²) in [7, 11) is 0. The molecule has 2 atom stereocenters. The number of carbonyl (C=O) groups excluding carboxylic acids is 1. The summed E-state index contributed by atoms with van der Waals surface area (Å²) >= 11 is 11.9. The second-order valence-electron chi connectivity index (χ2n) is 5.85. The molecule has 1 aromatic carbocycles. The summed E-state index contributed by atoms with van der Waals surface area (Å²) < 4.78 is 0. The first-order valence-electron chi connectivity index (χ1n) is 7.11. The van der Waals surface area contributed by atoms with Gasteiger partial charge in [-0.1, -0.05) is 23.2 Å². The Bertz CT molecular complexity index is 509. The van der Waals surface area contributed by atoms with Crippen LogP contribution in [0.1, 0.15) is 32.1 Å². The van der Waals surface area contributed by atoms with E-state index in [1.165, 1.54) is 12.8 Å². The van der Waals surface area contributed by atoms with Gasteiger partial charge in [-0.15, -0.1) is 0 Å². The van der Waals surface area contributed by atoms with Crippen LogP contribution in [0.2, 0.25) is 10.0 Å². The maximum absolute atomic E-state index is 12.1. The molecule has 2 aliphatic rings. The Hall–Kier alpha value is -0.770. The van der Waals surface area contributed by atoms with Crippen molar-refractivity contribution in [2.24, 2.45) is 5.92 Å². The highest BCUT2D eigenvalue weighted by Gasteiger charge is 2.34. The Morgan fingerprint density at radius 3 is 2.60 bits per heavy atom. The minimum atomic E-state index is 0.0422. The van der Waals surface area contributed by atoms with Crippen molar-refractivity contribution in [1.29, 1.82) is 0 Å². The quantitative estimate of drug-likeness (QED) is 0.890. The minimum absolute atomic E-state index is 0.0422. The highest BCUT2D eigenvalue weighted by atomic mass is 35.5. The SMILES string of the molecule is O=C(CC1CC2CCC(C1)N2)Nc1ccc(Cl)cc1Cl. The molecule has 2 saturated heterocycles. The number of hydrogen-bond donors (Lipinski definition) is 2. The summed E-state index contributed by atoms with van der Waals surface area (Å²) in [6.45, 7) is 0. The van der Waals surface area contributed by atoms with Gasteiger partial charge in [0.05, 0.1) is 10.7 Å². The zero-order chi connectivity index (χ0) is 14.1. The molecule has 2 N–H and O–H groups in total. The summed E-state index contributed by atoms with van der Waals surface area (Å²) in [5.41, 5.74) is 0.637. The third kappa shape index (κ3) is 3.27. The lowest BCUT2D eigenvalue weighted by molar-refractivity contribution is -0.117. The maximum Gasteiger partial charge on any atom is 0.224 e. The van der Waals surface area contributed by atoms with Gasteiger partial charge in [0, 0.05) is 23.5 Å². The van der Waals surface area contributed by atoms with Gasteiger partial charge in [0.15, 0.2) is 0 Å². The summed E-state index contributed by atoms with van der Waals surface area (Å²) in [5, 5.41) is 7.53. The molecule has 2 unspecified atom stereocenters. The van der Waals surface area contributed by atoms with Crippen LogP contribution in [0, 0.1) is 5.92 Å². The van der Waals surface area contributed by atoms with Crippen molar-refractivity contribution in [3.8, 4) is 0 Å². The molecule has 3 nitrogen and oxygen atoms in total. The molecule has 2 fully saturated rings. The molecule has 0 aliphatic carbocycles. The van der Waals surface area contributed by atoms with Crippen LogP contribution in [0.4, 0.5) is 5.69 Å². The van der Waals surface area contributed by atoms with Crippen LogP contribution in [-0.4, -0.2) is 18.0 Å². The van der Waals surface area contributed by atoms with Gasteiger partial charge >= 0.3 is 0 Å². The topological polar surface area (TPSA) is 41.1 Å². The molecule has 2 bridgehead atoms. The van der Waals surface area contributed by atoms with Crippen molar-refractivity contribution in [2.45, 2.75) is 44.2 Å². The number of rotatable bonds is 3. The van der Waals surface area contributed by atoms with E-state index < -0.39 is 0 Å². The van der Waals surface area contributed by atoms with E-state index in [1.807, 2.05) is 0 Å². The maximum atomic E-state index is 12.1. The smallest absolute Gasteiger partial charge is 0.224 e. The van der Waals surface area contributed by atoms with E-state index in [1.54, 1.807) is 18.2 Å². The van der Waals surface area contributed by atoms with Gasteiger partial charge in [0.2, 0.25) is 5.91 Å². The molecular weight excluding hydrogens is 295 g/mol. The standard InChI is InChI=1S/C15H18Cl2N2O/c16-10-1-4-14(13(17)8-10)19-15(20)7-9-5-11-2-3-12(6-9)18-11/h1,4,8-9,11-12,18H,2-3,5-7H2,(H,19,20). The number of fused-ring (bicyclic) bond motifs is 2. The van der Waals surface area contributed by atoms with Crippen molar-refractivity contribution in [3.63, 3.8) is 0 Å². The van der Waals surface area contributed by atoms with Gasteiger partial charge in [0.1, 0.15) is 0 Å². The third-order valence-electron chi connectivity index (χ3n) is 4.25. The monoisotopic (exact) mass is 312 g/mol. The number of nitrogens with one attached hydrogen (secondary N) is 2. The molecule has 0 radical (unpaired) electrons. The van der Waals surface area contributed by atoms with E-state index in [-0.39, 0.29) is 5.91 Å². The molecule has 0 saturated carbocycles. The van der Waals surface area contributed by atoms with Gasteiger partial charge in [-0.2, -0.15) is 0 Å². The molecular formula is C15H18Cl2N2O. The van der Waals surface area contributed by atoms with Crippen LogP contribution >= 0.6 is 23.2 Å². The van der Waals surface area contributed by atoms with Crippen LogP contribution in [-0.2, 0) is 4.79 Å². The molecule has 2 aliphatic heterocycles. The second-order valence-corrected chi connectivity index (χ2v) is 6.70. The Morgan fingerprint density at radius 1 is 1.25 bits per heavy atom. The van der Waals surface area contributed by atoms with Crippen molar-refractivity contribution >= 4 is 34.8 Å². The summed E-state index contributed by atoms with van der Waals surface area (Å²) in [5.74, 6) is 0.528. The number of halogens is 2. The van der Waals surface area contributed by atoms with Gasteiger partial charge in [-0.05, 0) is 49.8 Å². The van der Waals surface area contributed by atoms with Crippen LogP contribution in [0.25, 0.3) is 0 Å². The molecule has 2 heterocycles. The first-order chi connectivity index (χ1) is 9.60. The van der Waals surface area contributed by atoms with E-state index in [4.69, 9.17) is 23.2 Å². The van der Waals surface area contributed by atoms with Crippen molar-refractivity contribution in [1.82, 2.24) is 5.32 Å². The van der Waals surface area contributed by atoms with E-state index in [0.29, 0.717) is 40.2 Å². The fourth-order valence-corrected chi connectivity index (χ4v) is 3.85. The van der Waals surface area contributed by atoms with Crippen LogP contribution in [0.15, 0.2) is 18.2 Å². The highest BCUT2D eigenvalue weighted by Crippen LogP contribution is 2.33. The zero-order valence-electron chi connectivity index (χ0n) is 11.2. The van der Waals surface area contributed by atoms with Crippen molar-refractivity contribution in [2.75, 3.05) is 5.32 Å². The highest BCUT2D eigenvalue weighted by molar-refractivity contribution is 6.36. The van der Waals surface area contributed by atoms with Crippen molar-refractivity contribution in [3.05, 3.63) is 28.2 Å². The van der Waals surface area contributed by atoms with E-state index in [9.17, 15) is 4.79 Å². The van der Waals surface area contributed by atoms with Gasteiger partial charge in [0.25, 0.3) is 0 Å². The molecule has 20 heavy (non-hydrogen) atoms. The van der Waals surface area contributed by atoms with Gasteiger partial charge in [-0.3, -0.25) is 4.79 Å². The second kappa shape index (κ2) is 5.92. The molecule has 1 aromatic rings. The lowest BCUT2D eigenvalue weighted by atomic mass is 9.89. The normalized spacial score (nSPS) is 28.4. The largest absolute Gasteiger partial charge is 0.325 e. The lowest BCUT2D eigenvalue weighted by Gasteiger charge is -2.28. The Kier molecular flexibility index (Phi) is 4.20. The fourth-order valence-electron chi connectivity index (χ4n) is 3.40. The number of benzene rings is 1. The van der Waals surface area contributed by atoms with E-state index in [0.717, 1.165) is 12.8 Å². The number of anilines is 1. The molecule has 3 rings (SSSR count). The minimum Gasteiger partial charge on any atom is -0.325 e. The first-order valence-corrected chi connectivity index (χ1v) is 7.86. The Labute approximate surface area is 129 Å². The van der Waals surface area contributed by atoms with Crippen LogP contribution < -0.4 is 10.6 Å². The zero-order valence-corrected chi connectivity index (χ0v) is 12.7. The molecule has 0 spiro atoms. The van der Waals surface area contributed by atoms with E-state index in [2.05, 4.69) is 10.6 Å². The lowest BCUT2D eigenvalue weighted by Crippen LogP contribution is -2.39. The Morgan fingerprint density at radius 2 is 1.95 bits per heavy atom. The van der Waals surface area contributed by atoms with E-state index >= 15 is 0 Å². The van der Waals surface area contributed by atoms with Crippen molar-refractivity contribution < 1.29 is 4.79 Å². The predicted molar refractivity (Wildman–Crippen MR) is 82.4 cm³/mol. The molecule has 5 heteroatoms. The summed E-state index contributed by atoms with van der Waals surface area (Å²) in [6, 6.07) is 6.35. The average molecular weight is 313 g/mol. The first kappa shape index (κ1) is 14.2. The summed E-state index contributed by atoms with van der Waals surface area (Å²) in [4.78, 5) is 12.1. The molecule has 108 valence electrons. The average Bonchev–Trinajstić information content (AvgIpc) is 2.72. The predicted octanol–water partition coefficient (Wildman–Crippen LogP) is 3.85. The number of carbonyl (C=O) groups is 1. The number of piperidine rings is 1. The third-order valence-corrected chi connectivity index (χ3v) is 4.80. The fraction of sp³-hybridized carbons (Fsp3) is 0.533. The Balaban J connectivity index is 1.57. The molecule has 0 aromatic heterocycles. The number of hydrogen-bond acceptors (Lipinski definition) is 2. The van der Waals surface area contributed by atoms with Crippen LogP contribution in [0.3, 0.4) is 0 Å². The summed E-state index contributed by atoms with van der Waals surface area (Å²) in [6.07, 6.45) is 5.31. The van der Waals surface area contributed by atoms with Gasteiger partial charge in [-0.25, -0.2) is 0 Å². The van der Waals surface area contributed by atoms with Crippen LogP contribution in [0.5, 0.6) is 0 Å². The molecule has 1 amide bonds. The number of amides is 1.